The minimum Gasteiger partial charge on any atom is -0.337 e. The lowest BCUT2D eigenvalue weighted by atomic mass is 10.1. The minimum atomic E-state index is -0.332. The van der Waals surface area contributed by atoms with Gasteiger partial charge in [0.25, 0.3) is 5.91 Å². The topological polar surface area (TPSA) is 61.4 Å². The Morgan fingerprint density at radius 3 is 1.85 bits per heavy atom. The van der Waals surface area contributed by atoms with E-state index < -0.39 is 0 Å². The Bertz CT molecular complexity index is 894. The van der Waals surface area contributed by atoms with Gasteiger partial charge in [0, 0.05) is 30.5 Å². The van der Waals surface area contributed by atoms with Gasteiger partial charge in [0.05, 0.1) is 0 Å². The van der Waals surface area contributed by atoms with Gasteiger partial charge >= 0.3 is 6.03 Å². The van der Waals surface area contributed by atoms with Crippen molar-refractivity contribution in [2.45, 2.75) is 6.54 Å². The van der Waals surface area contributed by atoms with E-state index >= 15 is 0 Å². The van der Waals surface area contributed by atoms with Gasteiger partial charge in [-0.1, -0.05) is 48.5 Å². The summed E-state index contributed by atoms with van der Waals surface area (Å²) < 4.78 is 0. The minimum absolute atomic E-state index is 0.0702. The highest BCUT2D eigenvalue weighted by Crippen LogP contribution is 2.14. The van der Waals surface area contributed by atoms with Crippen molar-refractivity contribution in [3.63, 3.8) is 0 Å². The summed E-state index contributed by atoms with van der Waals surface area (Å²) >= 11 is 0. The average molecular weight is 359 g/mol. The number of carbonyl (C=O) groups excluding carboxylic acids is 2. The second kappa shape index (κ2) is 8.67. The fourth-order valence-electron chi connectivity index (χ4n) is 2.66. The van der Waals surface area contributed by atoms with Crippen LogP contribution < -0.4 is 10.6 Å². The number of urea groups is 1. The molecular formula is C22H21N3O2. The van der Waals surface area contributed by atoms with Gasteiger partial charge in [0.2, 0.25) is 0 Å². The van der Waals surface area contributed by atoms with Crippen molar-refractivity contribution < 1.29 is 9.59 Å². The van der Waals surface area contributed by atoms with Crippen molar-refractivity contribution >= 4 is 23.3 Å². The van der Waals surface area contributed by atoms with Crippen LogP contribution in [-0.2, 0) is 6.54 Å². The molecule has 0 atom stereocenters. The molecule has 5 heteroatoms. The second-order valence-electron chi connectivity index (χ2n) is 6.17. The Kier molecular flexibility index (Phi) is 5.84. The Hall–Kier alpha value is -3.60. The van der Waals surface area contributed by atoms with Crippen LogP contribution in [-0.4, -0.2) is 23.9 Å². The van der Waals surface area contributed by atoms with E-state index in [1.807, 2.05) is 60.7 Å². The normalized spacial score (nSPS) is 10.1. The molecule has 0 spiro atoms. The predicted molar refractivity (Wildman–Crippen MR) is 108 cm³/mol. The maximum absolute atomic E-state index is 12.5. The third kappa shape index (κ3) is 5.19. The summed E-state index contributed by atoms with van der Waals surface area (Å²) in [5.74, 6) is -0.0702. The molecule has 0 radical (unpaired) electrons. The van der Waals surface area contributed by atoms with E-state index in [9.17, 15) is 9.59 Å². The molecule has 2 N–H and O–H groups in total. The molecule has 27 heavy (non-hydrogen) atoms. The molecule has 0 aliphatic heterocycles. The van der Waals surface area contributed by atoms with E-state index in [0.717, 1.165) is 5.56 Å². The summed E-state index contributed by atoms with van der Waals surface area (Å²) in [6.07, 6.45) is 0. The quantitative estimate of drug-likeness (QED) is 0.699. The van der Waals surface area contributed by atoms with E-state index in [1.165, 1.54) is 0 Å². The van der Waals surface area contributed by atoms with Gasteiger partial charge in [0.1, 0.15) is 0 Å². The van der Waals surface area contributed by atoms with Crippen molar-refractivity contribution in [2.24, 2.45) is 0 Å². The highest BCUT2D eigenvalue weighted by atomic mass is 16.2. The molecular weight excluding hydrogens is 338 g/mol. The number of nitrogens with one attached hydrogen (secondary N) is 2. The zero-order chi connectivity index (χ0) is 19.1. The van der Waals surface area contributed by atoms with Gasteiger partial charge in [-0.3, -0.25) is 4.79 Å². The molecule has 3 amide bonds. The largest absolute Gasteiger partial charge is 0.337 e. The standard InChI is InChI=1S/C22H21N3O2/c1-25(16-17-8-4-2-5-9-17)21(26)18-12-14-20(15-13-18)24-22(27)23-19-10-6-3-7-11-19/h2-15H,16H2,1H3,(H2,23,24,27). The third-order valence-electron chi connectivity index (χ3n) is 4.03. The molecule has 136 valence electrons. The SMILES string of the molecule is CN(Cc1ccccc1)C(=O)c1ccc(NC(=O)Nc2ccccc2)cc1. The summed E-state index contributed by atoms with van der Waals surface area (Å²) in [7, 11) is 1.77. The van der Waals surface area contributed by atoms with E-state index in [1.54, 1.807) is 36.2 Å². The first kappa shape index (κ1) is 18.2. The molecule has 0 bridgehead atoms. The van der Waals surface area contributed by atoms with E-state index in [-0.39, 0.29) is 11.9 Å². The third-order valence-corrected chi connectivity index (χ3v) is 4.03. The first-order valence-electron chi connectivity index (χ1n) is 8.64. The number of benzene rings is 3. The fraction of sp³-hybridized carbons (Fsp3) is 0.0909. The summed E-state index contributed by atoms with van der Waals surface area (Å²) in [5.41, 5.74) is 2.97. The Morgan fingerprint density at radius 2 is 1.26 bits per heavy atom. The van der Waals surface area contributed by atoms with Crippen molar-refractivity contribution in [1.29, 1.82) is 0 Å². The molecule has 3 aromatic carbocycles. The van der Waals surface area contributed by atoms with Crippen LogP contribution >= 0.6 is 0 Å². The van der Waals surface area contributed by atoms with Crippen molar-refractivity contribution in [2.75, 3.05) is 17.7 Å². The Morgan fingerprint density at radius 1 is 0.741 bits per heavy atom. The number of hydrogen-bond donors (Lipinski definition) is 2. The number of carbonyl (C=O) groups is 2. The summed E-state index contributed by atoms with van der Waals surface area (Å²) in [4.78, 5) is 26.2. The molecule has 0 fully saturated rings. The molecule has 0 saturated carbocycles. The number of anilines is 2. The first-order valence-corrected chi connectivity index (χ1v) is 8.64. The monoisotopic (exact) mass is 359 g/mol. The number of para-hydroxylation sites is 1. The first-order chi connectivity index (χ1) is 13.1. The summed E-state index contributed by atoms with van der Waals surface area (Å²) in [6, 6.07) is 25.6. The molecule has 0 aromatic heterocycles. The van der Waals surface area contributed by atoms with Gasteiger partial charge in [-0.25, -0.2) is 4.79 Å². The molecule has 0 heterocycles. The number of nitrogens with zero attached hydrogens (tertiary/aromatic N) is 1. The average Bonchev–Trinajstić information content (AvgIpc) is 2.69. The van der Waals surface area contributed by atoms with E-state index in [0.29, 0.717) is 23.5 Å². The van der Waals surface area contributed by atoms with Crippen molar-refractivity contribution in [1.82, 2.24) is 4.90 Å². The molecule has 3 aromatic rings. The molecule has 3 rings (SSSR count). The lowest BCUT2D eigenvalue weighted by molar-refractivity contribution is 0.0785. The summed E-state index contributed by atoms with van der Waals surface area (Å²) in [5, 5.41) is 5.50. The van der Waals surface area contributed by atoms with Gasteiger partial charge in [-0.2, -0.15) is 0 Å². The van der Waals surface area contributed by atoms with Crippen LogP contribution in [0.1, 0.15) is 15.9 Å². The van der Waals surface area contributed by atoms with Crippen LogP contribution in [0.25, 0.3) is 0 Å². The van der Waals surface area contributed by atoms with E-state index in [4.69, 9.17) is 0 Å². The maximum Gasteiger partial charge on any atom is 0.323 e. The van der Waals surface area contributed by atoms with Gasteiger partial charge in [0.15, 0.2) is 0 Å². The van der Waals surface area contributed by atoms with Gasteiger partial charge < -0.3 is 15.5 Å². The number of amides is 3. The van der Waals surface area contributed by atoms with Crippen LogP contribution in [0.4, 0.5) is 16.2 Å². The van der Waals surface area contributed by atoms with Crippen LogP contribution in [0.3, 0.4) is 0 Å². The molecule has 0 unspecified atom stereocenters. The maximum atomic E-state index is 12.5. The van der Waals surface area contributed by atoms with Gasteiger partial charge in [-0.05, 0) is 42.0 Å². The number of hydrogen-bond acceptors (Lipinski definition) is 2. The van der Waals surface area contributed by atoms with Crippen molar-refractivity contribution in [3.05, 3.63) is 96.1 Å². The molecule has 0 saturated heterocycles. The zero-order valence-electron chi connectivity index (χ0n) is 15.1. The Labute approximate surface area is 158 Å². The molecule has 5 nitrogen and oxygen atoms in total. The Balaban J connectivity index is 1.57. The summed E-state index contributed by atoms with van der Waals surface area (Å²) in [6.45, 7) is 0.541. The van der Waals surface area contributed by atoms with Gasteiger partial charge in [-0.15, -0.1) is 0 Å². The lowest BCUT2D eigenvalue weighted by Gasteiger charge is -2.17. The highest BCUT2D eigenvalue weighted by molar-refractivity contribution is 6.00. The molecule has 0 aliphatic rings. The van der Waals surface area contributed by atoms with Crippen molar-refractivity contribution in [3.8, 4) is 0 Å². The smallest absolute Gasteiger partial charge is 0.323 e. The lowest BCUT2D eigenvalue weighted by Crippen LogP contribution is -2.26. The van der Waals surface area contributed by atoms with Crippen LogP contribution in [0.5, 0.6) is 0 Å². The number of rotatable bonds is 5. The predicted octanol–water partition coefficient (Wildman–Crippen LogP) is 4.60. The second-order valence-corrected chi connectivity index (χ2v) is 6.17. The van der Waals surface area contributed by atoms with Crippen LogP contribution in [0.2, 0.25) is 0 Å². The highest BCUT2D eigenvalue weighted by Gasteiger charge is 2.12. The zero-order valence-corrected chi connectivity index (χ0v) is 15.1. The van der Waals surface area contributed by atoms with E-state index in [2.05, 4.69) is 10.6 Å². The van der Waals surface area contributed by atoms with Crippen LogP contribution in [0, 0.1) is 0 Å². The fourth-order valence-corrected chi connectivity index (χ4v) is 2.66. The van der Waals surface area contributed by atoms with Crippen LogP contribution in [0.15, 0.2) is 84.9 Å². The molecule has 0 aliphatic carbocycles.